The predicted octanol–water partition coefficient (Wildman–Crippen LogP) is 5.65. The zero-order valence-corrected chi connectivity index (χ0v) is 28.9. The number of rotatable bonds is 21. The molecule has 2 saturated heterocycles. The molecule has 2 aliphatic rings. The number of aryl methyl sites for hydroxylation is 1. The van der Waals surface area contributed by atoms with E-state index in [0.29, 0.717) is 44.4 Å². The normalized spacial score (nSPS) is 24.4. The number of hydrogen-bond donors (Lipinski definition) is 2. The van der Waals surface area contributed by atoms with Crippen LogP contribution in [0.25, 0.3) is 6.08 Å². The number of nitrogens with zero attached hydrogens (tertiary/aromatic N) is 1. The molecule has 3 rings (SSSR count). The molecule has 0 saturated carbocycles. The molecule has 12 heteroatoms. The molecule has 1 aromatic heterocycles. The summed E-state index contributed by atoms with van der Waals surface area (Å²) in [5.41, 5.74) is 0.736. The molecule has 0 unspecified atom stereocenters. The first-order valence-electron chi connectivity index (χ1n) is 17.6. The van der Waals surface area contributed by atoms with E-state index in [2.05, 4.69) is 22.0 Å². The molecular weight excluding hydrogens is 620 g/mol. The molecular formula is C36H56N2O10. The van der Waals surface area contributed by atoms with Crippen LogP contribution in [0.1, 0.15) is 108 Å². The van der Waals surface area contributed by atoms with Crippen LogP contribution < -0.4 is 5.32 Å². The molecule has 0 spiro atoms. The Kier molecular flexibility index (Phi) is 18.5. The Hall–Kier alpha value is -3.06. The van der Waals surface area contributed by atoms with Crippen LogP contribution in [0, 0.1) is 0 Å². The van der Waals surface area contributed by atoms with Crippen molar-refractivity contribution in [3.63, 3.8) is 0 Å². The lowest BCUT2D eigenvalue weighted by Crippen LogP contribution is -2.40. The van der Waals surface area contributed by atoms with Crippen LogP contribution in [-0.2, 0) is 39.7 Å². The van der Waals surface area contributed by atoms with Crippen molar-refractivity contribution < 1.29 is 47.6 Å². The van der Waals surface area contributed by atoms with Gasteiger partial charge in [0.1, 0.15) is 18.7 Å². The molecule has 0 aliphatic carbocycles. The number of carbonyl (C=O) groups excluding carboxylic acids is 3. The fourth-order valence-corrected chi connectivity index (χ4v) is 6.33. The summed E-state index contributed by atoms with van der Waals surface area (Å²) in [7, 11) is 2.99. The zero-order chi connectivity index (χ0) is 34.6. The molecule has 3 heterocycles. The first-order valence-corrected chi connectivity index (χ1v) is 17.6. The van der Waals surface area contributed by atoms with E-state index in [9.17, 15) is 19.5 Å². The summed E-state index contributed by atoms with van der Waals surface area (Å²) < 4.78 is 34.2. The van der Waals surface area contributed by atoms with Crippen LogP contribution >= 0.6 is 0 Å². The summed E-state index contributed by atoms with van der Waals surface area (Å²) in [5.74, 6) is -0.0209. The molecule has 1 amide bonds. The van der Waals surface area contributed by atoms with E-state index in [1.54, 1.807) is 31.6 Å². The number of esters is 1. The van der Waals surface area contributed by atoms with E-state index >= 15 is 0 Å². The second kappa shape index (κ2) is 22.6. The number of ether oxygens (including phenoxy) is 5. The van der Waals surface area contributed by atoms with Crippen molar-refractivity contribution in [3.05, 3.63) is 36.1 Å². The molecule has 12 nitrogen and oxygen atoms in total. The van der Waals surface area contributed by atoms with Crippen LogP contribution in [-0.4, -0.2) is 91.9 Å². The van der Waals surface area contributed by atoms with Gasteiger partial charge in [0.2, 0.25) is 5.89 Å². The average molecular weight is 677 g/mol. The summed E-state index contributed by atoms with van der Waals surface area (Å²) in [6.45, 7) is 2.45. The van der Waals surface area contributed by atoms with E-state index in [1.165, 1.54) is 13.2 Å². The lowest BCUT2D eigenvalue weighted by molar-refractivity contribution is -0.160. The van der Waals surface area contributed by atoms with Crippen molar-refractivity contribution in [2.45, 2.75) is 146 Å². The fourth-order valence-electron chi connectivity index (χ4n) is 6.33. The molecule has 2 N–H and O–H groups in total. The van der Waals surface area contributed by atoms with Gasteiger partial charge in [-0.25, -0.2) is 14.6 Å². The van der Waals surface area contributed by atoms with E-state index in [4.69, 9.17) is 23.4 Å². The van der Waals surface area contributed by atoms with Crippen molar-refractivity contribution in [1.82, 2.24) is 10.3 Å². The number of oxazole rings is 1. The number of nitrogens with one attached hydrogen (secondary N) is 1. The van der Waals surface area contributed by atoms with Gasteiger partial charge < -0.3 is 43.3 Å². The van der Waals surface area contributed by atoms with Gasteiger partial charge >= 0.3 is 12.1 Å². The largest absolute Gasteiger partial charge is 0.459 e. The molecule has 2 fully saturated rings. The number of methoxy groups -OCH3 is 2. The Labute approximate surface area is 284 Å². The quantitative estimate of drug-likeness (QED) is 0.0719. The third kappa shape index (κ3) is 15.4. The van der Waals surface area contributed by atoms with Gasteiger partial charge in [-0.05, 0) is 63.9 Å². The third-order valence-electron chi connectivity index (χ3n) is 8.78. The third-order valence-corrected chi connectivity index (χ3v) is 8.78. The monoisotopic (exact) mass is 676 g/mol. The van der Waals surface area contributed by atoms with Crippen LogP contribution in [0.3, 0.4) is 0 Å². The van der Waals surface area contributed by atoms with Gasteiger partial charge in [-0.2, -0.15) is 0 Å². The Morgan fingerprint density at radius 3 is 2.56 bits per heavy atom. The predicted molar refractivity (Wildman–Crippen MR) is 179 cm³/mol. The maximum atomic E-state index is 12.7. The molecule has 1 aromatic rings. The minimum Gasteiger partial charge on any atom is -0.459 e. The highest BCUT2D eigenvalue weighted by molar-refractivity contribution is 5.82. The Bertz CT molecular complexity index is 1140. The zero-order valence-electron chi connectivity index (χ0n) is 28.9. The fraction of sp³-hybridized carbons (Fsp3) is 0.722. The van der Waals surface area contributed by atoms with E-state index < -0.39 is 12.1 Å². The first-order chi connectivity index (χ1) is 23.3. The highest BCUT2D eigenvalue weighted by Gasteiger charge is 2.34. The Morgan fingerprint density at radius 2 is 1.81 bits per heavy atom. The summed E-state index contributed by atoms with van der Waals surface area (Å²) >= 11 is 0. The van der Waals surface area contributed by atoms with E-state index in [1.807, 2.05) is 0 Å². The van der Waals surface area contributed by atoms with Crippen molar-refractivity contribution in [3.8, 4) is 0 Å². The molecule has 48 heavy (non-hydrogen) atoms. The van der Waals surface area contributed by atoms with Gasteiger partial charge in [0.05, 0.1) is 49.4 Å². The number of allylic oxidation sites excluding steroid dienone is 1. The van der Waals surface area contributed by atoms with Crippen molar-refractivity contribution in [1.29, 1.82) is 0 Å². The average Bonchev–Trinajstić information content (AvgIpc) is 3.52. The number of amides is 1. The number of alkyl carbamates (subject to hydrolysis) is 1. The van der Waals surface area contributed by atoms with Gasteiger partial charge in [0, 0.05) is 39.0 Å². The topological polar surface area (TPSA) is 156 Å². The van der Waals surface area contributed by atoms with Crippen LogP contribution in [0.5, 0.6) is 0 Å². The SMILES string of the molecule is CCCCC[C@H](O)C[C@@H]1CCC[C@@H](C[C@H](C[C@@H]2C[C@@H](OC(=O)/C=C\CCc3coc(/C=C\CNC(=O)OC)n3)C[C@H](CC=O)O2)OC)O1. The van der Waals surface area contributed by atoms with Gasteiger partial charge in [-0.1, -0.05) is 38.3 Å². The maximum absolute atomic E-state index is 12.7. The van der Waals surface area contributed by atoms with Gasteiger partial charge in [-0.15, -0.1) is 0 Å². The van der Waals surface area contributed by atoms with Gasteiger partial charge in [-0.3, -0.25) is 0 Å². The van der Waals surface area contributed by atoms with Crippen LogP contribution in [0.15, 0.2) is 28.9 Å². The lowest BCUT2D eigenvalue weighted by Gasteiger charge is -2.37. The highest BCUT2D eigenvalue weighted by atomic mass is 16.6. The minimum absolute atomic E-state index is 0.0558. The molecule has 2 aliphatic heterocycles. The second-order valence-corrected chi connectivity index (χ2v) is 12.7. The standard InChI is InChI=1S/C36H56N2O10/c1-4-5-6-12-27(40)20-28-13-9-14-29(46-28)21-31(43-2)23-32-24-33(22-30(47-32)17-19-39)48-35(41)16-8-7-11-26-25-45-34(38-26)15-10-18-37-36(42)44-3/h8,10,15-16,19,25,27-33,40H,4-7,9,11-14,17-18,20-24H2,1-3H3,(H,37,42)/b15-10-,16-8-/t27-,28-,29-,30-,31+,32+,33-/m0/s1. The van der Waals surface area contributed by atoms with Crippen LogP contribution in [0.4, 0.5) is 4.79 Å². The van der Waals surface area contributed by atoms with Crippen LogP contribution in [0.2, 0.25) is 0 Å². The summed E-state index contributed by atoms with van der Waals surface area (Å²) in [6, 6.07) is 0. The molecule has 0 aromatic carbocycles. The Morgan fingerprint density at radius 1 is 1.06 bits per heavy atom. The van der Waals surface area contributed by atoms with Gasteiger partial charge in [0.15, 0.2) is 0 Å². The Balaban J connectivity index is 1.43. The number of unbranched alkanes of at least 4 members (excludes halogenated alkanes) is 2. The molecule has 7 atom stereocenters. The number of carbonyl (C=O) groups is 3. The summed E-state index contributed by atoms with van der Waals surface area (Å²) in [6.07, 6.45) is 18.7. The van der Waals surface area contributed by atoms with Crippen molar-refractivity contribution >= 4 is 24.4 Å². The molecule has 270 valence electrons. The number of aromatic nitrogens is 1. The second-order valence-electron chi connectivity index (χ2n) is 12.7. The van der Waals surface area contributed by atoms with Gasteiger partial charge in [0.25, 0.3) is 0 Å². The van der Waals surface area contributed by atoms with Crippen molar-refractivity contribution in [2.24, 2.45) is 0 Å². The lowest BCUT2D eigenvalue weighted by atomic mass is 9.92. The number of aldehydes is 1. The number of hydrogen-bond acceptors (Lipinski definition) is 11. The smallest absolute Gasteiger partial charge is 0.407 e. The summed E-state index contributed by atoms with van der Waals surface area (Å²) in [5, 5.41) is 13.0. The van der Waals surface area contributed by atoms with E-state index in [-0.39, 0.29) is 55.7 Å². The summed E-state index contributed by atoms with van der Waals surface area (Å²) in [4.78, 5) is 39.5. The number of aliphatic hydroxyl groups is 1. The van der Waals surface area contributed by atoms with Crippen molar-refractivity contribution in [2.75, 3.05) is 20.8 Å². The molecule has 0 bridgehead atoms. The highest BCUT2D eigenvalue weighted by Crippen LogP contribution is 2.31. The molecule has 0 radical (unpaired) electrons. The first kappa shape index (κ1) is 39.4. The minimum atomic E-state index is -0.518. The maximum Gasteiger partial charge on any atom is 0.407 e. The van der Waals surface area contributed by atoms with E-state index in [0.717, 1.165) is 63.3 Å². The number of aliphatic hydroxyl groups excluding tert-OH is 1.